The predicted octanol–water partition coefficient (Wildman–Crippen LogP) is 3.51. The smallest absolute Gasteiger partial charge is 0.394 e. The molecule has 0 spiro atoms. The summed E-state index contributed by atoms with van der Waals surface area (Å²) in [7, 11) is 0. The second kappa shape index (κ2) is 6.45. The van der Waals surface area contributed by atoms with Crippen LogP contribution in [0.5, 0.6) is 0 Å². The van der Waals surface area contributed by atoms with Gasteiger partial charge in [0.05, 0.1) is 11.5 Å². The van der Waals surface area contributed by atoms with Crippen molar-refractivity contribution < 1.29 is 27.9 Å². The van der Waals surface area contributed by atoms with Gasteiger partial charge in [-0.2, -0.15) is 13.2 Å². The van der Waals surface area contributed by atoms with Gasteiger partial charge < -0.3 is 10.0 Å². The second-order valence-electron chi connectivity index (χ2n) is 6.58. The van der Waals surface area contributed by atoms with Crippen molar-refractivity contribution in [1.29, 1.82) is 0 Å². The average molecular weight is 343 g/mol. The number of halogens is 3. The van der Waals surface area contributed by atoms with Crippen LogP contribution >= 0.6 is 0 Å². The summed E-state index contributed by atoms with van der Waals surface area (Å²) in [6.45, 7) is 3.02. The highest BCUT2D eigenvalue weighted by Crippen LogP contribution is 2.44. The minimum absolute atomic E-state index is 0.0739. The Balaban J connectivity index is 1.99. The highest BCUT2D eigenvalue weighted by Gasteiger charge is 2.55. The molecule has 1 aliphatic rings. The molecule has 1 aromatic carbocycles. The van der Waals surface area contributed by atoms with E-state index in [1.807, 2.05) is 0 Å². The minimum atomic E-state index is -4.31. The lowest BCUT2D eigenvalue weighted by Crippen LogP contribution is -2.49. The van der Waals surface area contributed by atoms with E-state index in [2.05, 4.69) is 0 Å². The van der Waals surface area contributed by atoms with Crippen molar-refractivity contribution in [3.63, 3.8) is 0 Å². The van der Waals surface area contributed by atoms with E-state index in [9.17, 15) is 22.8 Å². The van der Waals surface area contributed by atoms with Crippen LogP contribution in [0.3, 0.4) is 0 Å². The number of alkyl halides is 3. The lowest BCUT2D eigenvalue weighted by molar-refractivity contribution is -0.192. The number of carbonyl (C=O) groups excluding carboxylic acids is 1. The van der Waals surface area contributed by atoms with Crippen LogP contribution in [0.25, 0.3) is 0 Å². The van der Waals surface area contributed by atoms with Crippen molar-refractivity contribution in [3.05, 3.63) is 35.4 Å². The first-order chi connectivity index (χ1) is 11.0. The van der Waals surface area contributed by atoms with Crippen molar-refractivity contribution in [1.82, 2.24) is 4.90 Å². The Kier molecular flexibility index (Phi) is 4.92. The highest BCUT2D eigenvalue weighted by molar-refractivity contribution is 5.87. The van der Waals surface area contributed by atoms with Gasteiger partial charge in [-0.3, -0.25) is 4.79 Å². The largest absolute Gasteiger partial charge is 0.478 e. The second-order valence-corrected chi connectivity index (χ2v) is 6.58. The molecule has 1 N–H and O–H groups in total. The first-order valence-electron chi connectivity index (χ1n) is 7.73. The Labute approximate surface area is 138 Å². The van der Waals surface area contributed by atoms with Crippen molar-refractivity contribution in [2.75, 3.05) is 6.54 Å². The molecule has 1 amide bonds. The number of hydrogen-bond donors (Lipinski definition) is 1. The summed E-state index contributed by atoms with van der Waals surface area (Å²) in [6, 6.07) is 6.12. The number of aryl methyl sites for hydroxylation is 1. The zero-order valence-electron chi connectivity index (χ0n) is 13.6. The van der Waals surface area contributed by atoms with Crippen molar-refractivity contribution in [2.45, 2.75) is 44.8 Å². The number of aromatic carboxylic acids is 1. The first-order valence-corrected chi connectivity index (χ1v) is 7.73. The van der Waals surface area contributed by atoms with Gasteiger partial charge in [0.25, 0.3) is 0 Å². The van der Waals surface area contributed by atoms with Crippen LogP contribution in [0.4, 0.5) is 13.2 Å². The maximum atomic E-state index is 13.1. The zero-order valence-corrected chi connectivity index (χ0v) is 13.6. The summed E-state index contributed by atoms with van der Waals surface area (Å²) < 4.78 is 39.2. The van der Waals surface area contributed by atoms with Gasteiger partial charge in [-0.05, 0) is 44.4 Å². The molecule has 0 radical (unpaired) electrons. The summed E-state index contributed by atoms with van der Waals surface area (Å²) >= 11 is 0. The van der Waals surface area contributed by atoms with Crippen LogP contribution in [0.1, 0.15) is 42.6 Å². The summed E-state index contributed by atoms with van der Waals surface area (Å²) in [6.07, 6.45) is -3.93. The third-order valence-electron chi connectivity index (χ3n) is 4.71. The number of carboxylic acid groups (broad SMARTS) is 1. The molecule has 1 fully saturated rings. The van der Waals surface area contributed by atoms with E-state index >= 15 is 0 Å². The van der Waals surface area contributed by atoms with E-state index in [1.165, 1.54) is 30.9 Å². The molecule has 0 bridgehead atoms. The zero-order chi connectivity index (χ0) is 18.1. The van der Waals surface area contributed by atoms with E-state index in [-0.39, 0.29) is 30.9 Å². The molecule has 0 aromatic heterocycles. The average Bonchev–Trinajstić information content (AvgIpc) is 2.80. The Morgan fingerprint density at radius 2 is 1.83 bits per heavy atom. The number of hydrogen-bond acceptors (Lipinski definition) is 2. The Morgan fingerprint density at radius 3 is 2.29 bits per heavy atom. The standard InChI is InChI=1S/C17H20F3NO3/c1-16(2)13(17(18,19)20)9-10-21(16)14(22)8-5-11-3-6-12(7-4-11)15(23)24/h3-4,6-7,13H,5,8-10H2,1-2H3,(H,23,24)/t13-/m1/s1. The number of rotatable bonds is 4. The molecule has 1 heterocycles. The Morgan fingerprint density at radius 1 is 1.25 bits per heavy atom. The van der Waals surface area contributed by atoms with Gasteiger partial charge in [0.1, 0.15) is 0 Å². The van der Waals surface area contributed by atoms with Crippen molar-refractivity contribution in [3.8, 4) is 0 Å². The summed E-state index contributed by atoms with van der Waals surface area (Å²) in [5.41, 5.74) is -0.320. The van der Waals surface area contributed by atoms with Crippen LogP contribution in [0, 0.1) is 5.92 Å². The number of nitrogens with zero attached hydrogens (tertiary/aromatic N) is 1. The maximum absolute atomic E-state index is 13.1. The lowest BCUT2D eigenvalue weighted by atomic mass is 9.87. The van der Waals surface area contributed by atoms with Crippen LogP contribution in [-0.2, 0) is 11.2 Å². The van der Waals surface area contributed by atoms with Crippen molar-refractivity contribution >= 4 is 11.9 Å². The Bertz CT molecular complexity index is 623. The molecule has 0 saturated carbocycles. The predicted molar refractivity (Wildman–Crippen MR) is 81.7 cm³/mol. The molecule has 1 aliphatic heterocycles. The molecule has 0 unspecified atom stereocenters. The molecular formula is C17H20F3NO3. The molecule has 24 heavy (non-hydrogen) atoms. The fourth-order valence-corrected chi connectivity index (χ4v) is 3.30. The first kappa shape index (κ1) is 18.3. The summed E-state index contributed by atoms with van der Waals surface area (Å²) in [4.78, 5) is 24.4. The van der Waals surface area contributed by atoms with Crippen LogP contribution < -0.4 is 0 Å². The van der Waals surface area contributed by atoms with Crippen molar-refractivity contribution in [2.24, 2.45) is 5.92 Å². The highest BCUT2D eigenvalue weighted by atomic mass is 19.4. The quantitative estimate of drug-likeness (QED) is 0.910. The molecule has 2 rings (SSSR count). The summed E-state index contributed by atoms with van der Waals surface area (Å²) in [5, 5.41) is 8.83. The number of amides is 1. The maximum Gasteiger partial charge on any atom is 0.394 e. The van der Waals surface area contributed by atoms with Crippen LogP contribution in [-0.4, -0.2) is 40.1 Å². The van der Waals surface area contributed by atoms with Gasteiger partial charge in [-0.15, -0.1) is 0 Å². The van der Waals surface area contributed by atoms with Gasteiger partial charge >= 0.3 is 12.1 Å². The molecule has 1 aromatic rings. The lowest BCUT2D eigenvalue weighted by Gasteiger charge is -2.36. The summed E-state index contributed by atoms with van der Waals surface area (Å²) in [5.74, 6) is -2.85. The van der Waals surface area contributed by atoms with E-state index in [1.54, 1.807) is 12.1 Å². The fraction of sp³-hybridized carbons (Fsp3) is 0.529. The van der Waals surface area contributed by atoms with E-state index in [0.29, 0.717) is 6.42 Å². The molecule has 7 heteroatoms. The number of likely N-dealkylation sites (tertiary alicyclic amines) is 1. The van der Waals surface area contributed by atoms with Crippen LogP contribution in [0.15, 0.2) is 24.3 Å². The molecule has 1 atom stereocenters. The van der Waals surface area contributed by atoms with Gasteiger partial charge in [-0.25, -0.2) is 4.79 Å². The van der Waals surface area contributed by atoms with Crippen LogP contribution in [0.2, 0.25) is 0 Å². The molecule has 1 saturated heterocycles. The topological polar surface area (TPSA) is 57.6 Å². The monoisotopic (exact) mass is 343 g/mol. The van der Waals surface area contributed by atoms with Gasteiger partial charge in [0.2, 0.25) is 5.91 Å². The molecule has 132 valence electrons. The van der Waals surface area contributed by atoms with E-state index in [4.69, 9.17) is 5.11 Å². The fourth-order valence-electron chi connectivity index (χ4n) is 3.30. The minimum Gasteiger partial charge on any atom is -0.478 e. The number of carboxylic acids is 1. The molecule has 0 aliphatic carbocycles. The van der Waals surface area contributed by atoms with E-state index in [0.717, 1.165) is 5.56 Å². The van der Waals surface area contributed by atoms with Gasteiger partial charge in [-0.1, -0.05) is 12.1 Å². The SMILES string of the molecule is CC1(C)[C@H](C(F)(F)F)CCN1C(=O)CCc1ccc(C(=O)O)cc1. The molecular weight excluding hydrogens is 323 g/mol. The number of carbonyl (C=O) groups is 2. The molecule has 4 nitrogen and oxygen atoms in total. The Hall–Kier alpha value is -2.05. The van der Waals surface area contributed by atoms with E-state index < -0.39 is 23.6 Å². The van der Waals surface area contributed by atoms with Gasteiger partial charge in [0, 0.05) is 18.5 Å². The third-order valence-corrected chi connectivity index (χ3v) is 4.71. The van der Waals surface area contributed by atoms with Gasteiger partial charge in [0.15, 0.2) is 0 Å². The third kappa shape index (κ3) is 3.71. The number of benzene rings is 1. The normalized spacial score (nSPS) is 20.2.